The van der Waals surface area contributed by atoms with E-state index < -0.39 is 0 Å². The summed E-state index contributed by atoms with van der Waals surface area (Å²) in [5.74, 6) is 1.44. The zero-order valence-corrected chi connectivity index (χ0v) is 11.3. The van der Waals surface area contributed by atoms with Gasteiger partial charge in [0.15, 0.2) is 0 Å². The summed E-state index contributed by atoms with van der Waals surface area (Å²) in [4.78, 5) is 14.1. The van der Waals surface area contributed by atoms with E-state index >= 15 is 0 Å². The third-order valence-electron chi connectivity index (χ3n) is 4.60. The molecule has 1 aliphatic carbocycles. The molecule has 0 amide bonds. The molecule has 0 N–H and O–H groups in total. The smallest absolute Gasteiger partial charge is 0.323 e. The number of hydrogen-bond acceptors (Lipinski definition) is 3. The van der Waals surface area contributed by atoms with E-state index in [0.717, 1.165) is 24.8 Å². The minimum atomic E-state index is -0.0377. The lowest BCUT2D eigenvalue weighted by molar-refractivity contribution is -0.156. The number of likely N-dealkylation sites (tertiary alicyclic amines) is 1. The van der Waals surface area contributed by atoms with Gasteiger partial charge >= 0.3 is 5.97 Å². The van der Waals surface area contributed by atoms with E-state index in [2.05, 4.69) is 18.7 Å². The summed E-state index contributed by atoms with van der Waals surface area (Å²) in [5.41, 5.74) is 0. The third-order valence-corrected chi connectivity index (χ3v) is 4.60. The van der Waals surface area contributed by atoms with E-state index in [0.29, 0.717) is 6.04 Å². The van der Waals surface area contributed by atoms with Gasteiger partial charge in [-0.1, -0.05) is 26.7 Å². The number of carbonyl (C=O) groups excluding carboxylic acids is 1. The molecule has 0 spiro atoms. The molecular formula is C14H25NO2. The Kier molecular flexibility index (Phi) is 4.08. The number of nitrogens with zero attached hydrogens (tertiary/aromatic N) is 1. The molecule has 1 aliphatic heterocycles. The molecule has 1 saturated carbocycles. The van der Waals surface area contributed by atoms with E-state index in [9.17, 15) is 4.79 Å². The molecule has 98 valence electrons. The molecular weight excluding hydrogens is 214 g/mol. The topological polar surface area (TPSA) is 29.5 Å². The molecule has 2 aliphatic rings. The Balaban J connectivity index is 2.02. The highest BCUT2D eigenvalue weighted by Gasteiger charge is 2.43. The molecule has 3 heteroatoms. The van der Waals surface area contributed by atoms with Crippen LogP contribution in [-0.2, 0) is 9.53 Å². The monoisotopic (exact) mass is 239 g/mol. The maximum Gasteiger partial charge on any atom is 0.323 e. The highest BCUT2D eigenvalue weighted by molar-refractivity contribution is 5.76. The molecule has 0 bridgehead atoms. The van der Waals surface area contributed by atoms with Crippen LogP contribution in [0.2, 0.25) is 0 Å². The fourth-order valence-electron chi connectivity index (χ4n) is 3.52. The average molecular weight is 239 g/mol. The Labute approximate surface area is 105 Å². The lowest BCUT2D eigenvalue weighted by Crippen LogP contribution is -2.60. The van der Waals surface area contributed by atoms with Crippen LogP contribution < -0.4 is 0 Å². The summed E-state index contributed by atoms with van der Waals surface area (Å²) in [6.45, 7) is 5.71. The summed E-state index contributed by atoms with van der Waals surface area (Å²) < 4.78 is 4.89. The van der Waals surface area contributed by atoms with Crippen LogP contribution in [0.5, 0.6) is 0 Å². The quantitative estimate of drug-likeness (QED) is 0.709. The van der Waals surface area contributed by atoms with Gasteiger partial charge < -0.3 is 4.74 Å². The molecule has 0 aromatic heterocycles. The van der Waals surface area contributed by atoms with Gasteiger partial charge in [0.25, 0.3) is 0 Å². The first-order chi connectivity index (χ1) is 8.15. The van der Waals surface area contributed by atoms with Crippen molar-refractivity contribution in [3.63, 3.8) is 0 Å². The molecule has 1 heterocycles. The number of hydrogen-bond donors (Lipinski definition) is 0. The van der Waals surface area contributed by atoms with Crippen molar-refractivity contribution in [1.82, 2.24) is 4.90 Å². The van der Waals surface area contributed by atoms with Crippen molar-refractivity contribution in [1.29, 1.82) is 0 Å². The molecule has 2 rings (SSSR count). The van der Waals surface area contributed by atoms with Crippen LogP contribution in [0, 0.1) is 11.8 Å². The van der Waals surface area contributed by atoms with Crippen LogP contribution >= 0.6 is 0 Å². The summed E-state index contributed by atoms with van der Waals surface area (Å²) in [5, 5.41) is 0. The highest BCUT2D eigenvalue weighted by Crippen LogP contribution is 2.37. The Hall–Kier alpha value is -0.570. The van der Waals surface area contributed by atoms with Gasteiger partial charge in [-0.25, -0.2) is 0 Å². The molecule has 17 heavy (non-hydrogen) atoms. The van der Waals surface area contributed by atoms with Crippen LogP contribution in [0.1, 0.15) is 46.0 Å². The number of ether oxygens (including phenoxy) is 1. The summed E-state index contributed by atoms with van der Waals surface area (Å²) in [6.07, 6.45) is 6.24. The van der Waals surface area contributed by atoms with E-state index in [-0.39, 0.29) is 12.0 Å². The Morgan fingerprint density at radius 1 is 1.24 bits per heavy atom. The number of carbonyl (C=O) groups is 1. The van der Waals surface area contributed by atoms with Gasteiger partial charge in [-0.15, -0.1) is 0 Å². The first kappa shape index (κ1) is 12.9. The molecule has 3 atom stereocenters. The summed E-state index contributed by atoms with van der Waals surface area (Å²) in [7, 11) is 1.50. The van der Waals surface area contributed by atoms with Crippen molar-refractivity contribution in [3.05, 3.63) is 0 Å². The van der Waals surface area contributed by atoms with Crippen LogP contribution in [-0.4, -0.2) is 36.6 Å². The predicted molar refractivity (Wildman–Crippen MR) is 67.7 cm³/mol. The summed E-state index contributed by atoms with van der Waals surface area (Å²) >= 11 is 0. The van der Waals surface area contributed by atoms with Crippen molar-refractivity contribution >= 4 is 5.97 Å². The number of methoxy groups -OCH3 is 1. The van der Waals surface area contributed by atoms with Crippen LogP contribution in [0.4, 0.5) is 0 Å². The van der Waals surface area contributed by atoms with E-state index in [4.69, 9.17) is 4.74 Å². The minimum Gasteiger partial charge on any atom is -0.468 e. The molecule has 0 radical (unpaired) electrons. The SMILES string of the molecule is COC(=O)C1CCN1C1CCCCC1C(C)C. The van der Waals surface area contributed by atoms with Crippen LogP contribution in [0.3, 0.4) is 0 Å². The Morgan fingerprint density at radius 2 is 1.94 bits per heavy atom. The first-order valence-electron chi connectivity index (χ1n) is 6.98. The fraction of sp³-hybridized carbons (Fsp3) is 0.929. The van der Waals surface area contributed by atoms with Gasteiger partial charge in [0, 0.05) is 12.6 Å². The minimum absolute atomic E-state index is 0.0377. The zero-order valence-electron chi connectivity index (χ0n) is 11.3. The lowest BCUT2D eigenvalue weighted by Gasteiger charge is -2.49. The van der Waals surface area contributed by atoms with E-state index in [1.165, 1.54) is 32.8 Å². The normalized spacial score (nSPS) is 34.5. The maximum atomic E-state index is 11.7. The van der Waals surface area contributed by atoms with Gasteiger partial charge in [0.2, 0.25) is 0 Å². The fourth-order valence-corrected chi connectivity index (χ4v) is 3.52. The van der Waals surface area contributed by atoms with Gasteiger partial charge in [0.1, 0.15) is 6.04 Å². The van der Waals surface area contributed by atoms with Crippen LogP contribution in [0.15, 0.2) is 0 Å². The second-order valence-corrected chi connectivity index (χ2v) is 5.83. The number of rotatable bonds is 3. The van der Waals surface area contributed by atoms with E-state index in [1.807, 2.05) is 0 Å². The van der Waals surface area contributed by atoms with Crippen molar-refractivity contribution in [3.8, 4) is 0 Å². The second kappa shape index (κ2) is 5.38. The van der Waals surface area contributed by atoms with Gasteiger partial charge in [-0.05, 0) is 31.1 Å². The maximum absolute atomic E-state index is 11.7. The predicted octanol–water partition coefficient (Wildman–Crippen LogP) is 2.45. The molecule has 0 aromatic rings. The van der Waals surface area contributed by atoms with Gasteiger partial charge in [-0.2, -0.15) is 0 Å². The van der Waals surface area contributed by atoms with Gasteiger partial charge in [0.05, 0.1) is 7.11 Å². The van der Waals surface area contributed by atoms with Crippen molar-refractivity contribution in [2.24, 2.45) is 11.8 Å². The molecule has 3 unspecified atom stereocenters. The zero-order chi connectivity index (χ0) is 12.4. The molecule has 1 saturated heterocycles. The van der Waals surface area contributed by atoms with Gasteiger partial charge in [-0.3, -0.25) is 9.69 Å². The van der Waals surface area contributed by atoms with Crippen molar-refractivity contribution in [2.75, 3.05) is 13.7 Å². The highest BCUT2D eigenvalue weighted by atomic mass is 16.5. The first-order valence-corrected chi connectivity index (χ1v) is 6.98. The molecule has 0 aromatic carbocycles. The van der Waals surface area contributed by atoms with Crippen molar-refractivity contribution < 1.29 is 9.53 Å². The standard InChI is InChI=1S/C14H25NO2/c1-10(2)11-6-4-5-7-12(11)15-9-8-13(15)14(16)17-3/h10-13H,4-9H2,1-3H3. The summed E-state index contributed by atoms with van der Waals surface area (Å²) in [6, 6.07) is 0.658. The average Bonchev–Trinajstić information content (AvgIpc) is 2.28. The molecule has 2 fully saturated rings. The van der Waals surface area contributed by atoms with E-state index in [1.54, 1.807) is 0 Å². The Bertz CT molecular complexity index is 277. The second-order valence-electron chi connectivity index (χ2n) is 5.83. The lowest BCUT2D eigenvalue weighted by atomic mass is 9.75. The van der Waals surface area contributed by atoms with Crippen molar-refractivity contribution in [2.45, 2.75) is 58.0 Å². The van der Waals surface area contributed by atoms with Crippen LogP contribution in [0.25, 0.3) is 0 Å². The Morgan fingerprint density at radius 3 is 2.47 bits per heavy atom. The largest absolute Gasteiger partial charge is 0.468 e. The third kappa shape index (κ3) is 2.49. The molecule has 3 nitrogen and oxygen atoms in total. The number of esters is 1.